The number of carbonyl (C=O) groups excluding carboxylic acids is 1. The molecule has 18 heavy (non-hydrogen) atoms. The number of hydrogen-bond donors (Lipinski definition) is 3. The standard InChI is InChI=1S/C12H13ClO5/c1-6(13)10(15)9-3-2-7(4-8(9)5-14)11(16)12(17)18/h2-4,6,11,14,16H,5H2,1H3,(H,17,18). The van der Waals surface area contributed by atoms with Crippen molar-refractivity contribution in [1.82, 2.24) is 0 Å². The maximum Gasteiger partial charge on any atom is 0.337 e. The lowest BCUT2D eigenvalue weighted by atomic mass is 9.97. The minimum absolute atomic E-state index is 0.102. The third-order valence-corrected chi connectivity index (χ3v) is 2.67. The summed E-state index contributed by atoms with van der Waals surface area (Å²) in [5, 5.41) is 26.5. The monoisotopic (exact) mass is 272 g/mol. The molecule has 0 heterocycles. The number of alkyl halides is 1. The number of carbonyl (C=O) groups is 2. The second-order valence-electron chi connectivity index (χ2n) is 3.80. The van der Waals surface area contributed by atoms with Gasteiger partial charge in [0.25, 0.3) is 0 Å². The first kappa shape index (κ1) is 14.6. The molecule has 0 aliphatic heterocycles. The highest BCUT2D eigenvalue weighted by Gasteiger charge is 2.20. The Hall–Kier alpha value is -1.43. The van der Waals surface area contributed by atoms with Crippen LogP contribution in [-0.2, 0) is 11.4 Å². The molecule has 0 spiro atoms. The number of benzene rings is 1. The van der Waals surface area contributed by atoms with E-state index in [2.05, 4.69) is 0 Å². The van der Waals surface area contributed by atoms with E-state index in [1.54, 1.807) is 0 Å². The molecule has 5 nitrogen and oxygen atoms in total. The van der Waals surface area contributed by atoms with Crippen molar-refractivity contribution in [3.05, 3.63) is 34.9 Å². The number of aliphatic carboxylic acids is 1. The van der Waals surface area contributed by atoms with Crippen molar-refractivity contribution < 1.29 is 24.9 Å². The van der Waals surface area contributed by atoms with E-state index in [-0.39, 0.29) is 22.5 Å². The Balaban J connectivity index is 3.19. The molecule has 0 radical (unpaired) electrons. The van der Waals surface area contributed by atoms with Gasteiger partial charge >= 0.3 is 5.97 Å². The van der Waals surface area contributed by atoms with Gasteiger partial charge in [-0.2, -0.15) is 0 Å². The fraction of sp³-hybridized carbons (Fsp3) is 0.333. The molecule has 0 aliphatic carbocycles. The van der Waals surface area contributed by atoms with Gasteiger partial charge in [-0.3, -0.25) is 4.79 Å². The molecule has 1 aromatic carbocycles. The highest BCUT2D eigenvalue weighted by molar-refractivity contribution is 6.33. The molecule has 0 saturated carbocycles. The van der Waals surface area contributed by atoms with Gasteiger partial charge in [-0.05, 0) is 24.1 Å². The van der Waals surface area contributed by atoms with Crippen LogP contribution >= 0.6 is 11.6 Å². The van der Waals surface area contributed by atoms with Crippen LogP contribution in [0, 0.1) is 0 Å². The lowest BCUT2D eigenvalue weighted by Gasteiger charge is -2.12. The molecular formula is C12H13ClO5. The summed E-state index contributed by atoms with van der Waals surface area (Å²) in [6.07, 6.45) is -1.69. The maximum atomic E-state index is 11.7. The van der Waals surface area contributed by atoms with E-state index < -0.39 is 24.1 Å². The molecule has 0 amide bonds. The average molecular weight is 273 g/mol. The Bertz CT molecular complexity index is 470. The first-order chi connectivity index (χ1) is 8.38. The summed E-state index contributed by atoms with van der Waals surface area (Å²) in [6.45, 7) is 1.07. The van der Waals surface area contributed by atoms with Crippen LogP contribution in [0.5, 0.6) is 0 Å². The molecule has 98 valence electrons. The van der Waals surface area contributed by atoms with Crippen LogP contribution in [-0.4, -0.2) is 32.4 Å². The molecule has 0 aromatic heterocycles. The van der Waals surface area contributed by atoms with Crippen molar-refractivity contribution in [3.8, 4) is 0 Å². The highest BCUT2D eigenvalue weighted by Crippen LogP contribution is 2.20. The quantitative estimate of drug-likeness (QED) is 0.551. The van der Waals surface area contributed by atoms with Crippen molar-refractivity contribution in [2.45, 2.75) is 25.0 Å². The van der Waals surface area contributed by atoms with Crippen LogP contribution in [0.25, 0.3) is 0 Å². The number of carboxylic acids is 1. The average Bonchev–Trinajstić information content (AvgIpc) is 2.35. The molecule has 0 fully saturated rings. The second-order valence-corrected chi connectivity index (χ2v) is 4.45. The van der Waals surface area contributed by atoms with E-state index in [9.17, 15) is 14.7 Å². The predicted octanol–water partition coefficient (Wildman–Crippen LogP) is 1.11. The number of aliphatic hydroxyl groups excluding tert-OH is 2. The fourth-order valence-corrected chi connectivity index (χ4v) is 1.63. The lowest BCUT2D eigenvalue weighted by Crippen LogP contribution is -2.15. The Morgan fingerprint density at radius 1 is 1.39 bits per heavy atom. The fourth-order valence-electron chi connectivity index (χ4n) is 1.51. The van der Waals surface area contributed by atoms with Gasteiger partial charge in [0, 0.05) is 5.56 Å². The molecule has 0 aliphatic rings. The van der Waals surface area contributed by atoms with Gasteiger partial charge in [0.15, 0.2) is 11.9 Å². The van der Waals surface area contributed by atoms with E-state index in [0.29, 0.717) is 0 Å². The molecule has 2 atom stereocenters. The smallest absolute Gasteiger partial charge is 0.337 e. The molecule has 3 N–H and O–H groups in total. The molecule has 1 aromatic rings. The zero-order chi connectivity index (χ0) is 13.9. The van der Waals surface area contributed by atoms with E-state index in [4.69, 9.17) is 21.8 Å². The lowest BCUT2D eigenvalue weighted by molar-refractivity contribution is -0.146. The Morgan fingerprint density at radius 2 is 2.00 bits per heavy atom. The summed E-state index contributed by atoms with van der Waals surface area (Å²) in [5.41, 5.74) is 0.567. The van der Waals surface area contributed by atoms with Gasteiger partial charge in [-0.1, -0.05) is 12.1 Å². The first-order valence-electron chi connectivity index (χ1n) is 5.21. The predicted molar refractivity (Wildman–Crippen MR) is 64.6 cm³/mol. The normalized spacial score (nSPS) is 14.0. The number of aliphatic hydroxyl groups is 2. The summed E-state index contributed by atoms with van der Waals surface area (Å²) in [6, 6.07) is 3.96. The summed E-state index contributed by atoms with van der Waals surface area (Å²) in [7, 11) is 0. The number of Topliss-reactive ketones (excluding diaryl/α,β-unsaturated/α-hetero) is 1. The maximum absolute atomic E-state index is 11.7. The van der Waals surface area contributed by atoms with Crippen molar-refractivity contribution in [2.75, 3.05) is 0 Å². The van der Waals surface area contributed by atoms with Gasteiger partial charge in [-0.15, -0.1) is 11.6 Å². The second kappa shape index (κ2) is 5.95. The molecular weight excluding hydrogens is 260 g/mol. The third kappa shape index (κ3) is 3.07. The van der Waals surface area contributed by atoms with Crippen molar-refractivity contribution >= 4 is 23.4 Å². The highest BCUT2D eigenvalue weighted by atomic mass is 35.5. The first-order valence-corrected chi connectivity index (χ1v) is 5.65. The summed E-state index contributed by atoms with van der Waals surface area (Å²) >= 11 is 5.67. The van der Waals surface area contributed by atoms with Gasteiger partial charge in [0.2, 0.25) is 0 Å². The number of hydrogen-bond acceptors (Lipinski definition) is 4. The largest absolute Gasteiger partial charge is 0.479 e. The van der Waals surface area contributed by atoms with Crippen LogP contribution in [0.2, 0.25) is 0 Å². The molecule has 1 rings (SSSR count). The number of halogens is 1. The van der Waals surface area contributed by atoms with Crippen LogP contribution in [0.15, 0.2) is 18.2 Å². The number of ketones is 1. The Labute approximate surface area is 109 Å². The summed E-state index contributed by atoms with van der Waals surface area (Å²) < 4.78 is 0. The van der Waals surface area contributed by atoms with E-state index in [0.717, 1.165) is 0 Å². The molecule has 0 bridgehead atoms. The van der Waals surface area contributed by atoms with Crippen molar-refractivity contribution in [3.63, 3.8) is 0 Å². The van der Waals surface area contributed by atoms with Gasteiger partial charge in [0.1, 0.15) is 0 Å². The van der Waals surface area contributed by atoms with Crippen molar-refractivity contribution in [2.24, 2.45) is 0 Å². The van der Waals surface area contributed by atoms with E-state index in [1.165, 1.54) is 25.1 Å². The van der Waals surface area contributed by atoms with Crippen LogP contribution in [0.3, 0.4) is 0 Å². The van der Waals surface area contributed by atoms with E-state index in [1.807, 2.05) is 0 Å². The molecule has 2 unspecified atom stereocenters. The number of rotatable bonds is 5. The van der Waals surface area contributed by atoms with Gasteiger partial charge in [-0.25, -0.2) is 4.79 Å². The minimum Gasteiger partial charge on any atom is -0.479 e. The topological polar surface area (TPSA) is 94.8 Å². The molecule has 0 saturated heterocycles. The van der Waals surface area contributed by atoms with Crippen LogP contribution in [0.1, 0.15) is 34.5 Å². The van der Waals surface area contributed by atoms with Gasteiger partial charge < -0.3 is 15.3 Å². The zero-order valence-corrected chi connectivity index (χ0v) is 10.4. The zero-order valence-electron chi connectivity index (χ0n) is 9.63. The number of carboxylic acid groups (broad SMARTS) is 1. The SMILES string of the molecule is CC(Cl)C(=O)c1ccc(C(O)C(=O)O)cc1CO. The van der Waals surface area contributed by atoms with Crippen LogP contribution < -0.4 is 0 Å². The van der Waals surface area contributed by atoms with Crippen molar-refractivity contribution in [1.29, 1.82) is 0 Å². The minimum atomic E-state index is -1.69. The Kier molecular flexibility index (Phi) is 4.84. The van der Waals surface area contributed by atoms with Crippen LogP contribution in [0.4, 0.5) is 0 Å². The van der Waals surface area contributed by atoms with Gasteiger partial charge in [0.05, 0.1) is 12.0 Å². The summed E-state index contributed by atoms with van der Waals surface area (Å²) in [5.74, 6) is -1.76. The summed E-state index contributed by atoms with van der Waals surface area (Å²) in [4.78, 5) is 22.3. The molecule has 6 heteroatoms. The van der Waals surface area contributed by atoms with E-state index >= 15 is 0 Å². The third-order valence-electron chi connectivity index (χ3n) is 2.48. The Morgan fingerprint density at radius 3 is 2.44 bits per heavy atom.